The minimum absolute atomic E-state index is 0.0295. The lowest BCUT2D eigenvalue weighted by molar-refractivity contribution is -0.121. The highest BCUT2D eigenvalue weighted by Crippen LogP contribution is 2.24. The maximum absolute atomic E-state index is 12.3. The Kier molecular flexibility index (Phi) is 6.62. The third kappa shape index (κ3) is 5.74. The van der Waals surface area contributed by atoms with E-state index in [0.29, 0.717) is 6.04 Å². The molecule has 1 unspecified atom stereocenters. The van der Waals surface area contributed by atoms with Crippen molar-refractivity contribution in [3.05, 3.63) is 29.8 Å². The molecule has 116 valence electrons. The fourth-order valence-corrected chi connectivity index (χ4v) is 3.67. The maximum Gasteiger partial charge on any atom is 0.233 e. The molecular formula is C18H27NOS. The van der Waals surface area contributed by atoms with Crippen LogP contribution in [0.15, 0.2) is 29.2 Å². The predicted octanol–water partition coefficient (Wildman–Crippen LogP) is 4.70. The van der Waals surface area contributed by atoms with Gasteiger partial charge in [0.2, 0.25) is 5.91 Å². The van der Waals surface area contributed by atoms with E-state index in [0.717, 1.165) is 12.8 Å². The Labute approximate surface area is 133 Å². The van der Waals surface area contributed by atoms with Gasteiger partial charge in [0.15, 0.2) is 0 Å². The maximum atomic E-state index is 12.3. The van der Waals surface area contributed by atoms with Gasteiger partial charge in [-0.1, -0.05) is 49.8 Å². The SMILES string of the molecule is Cc1ccc(SC(C)C(=O)NC2CCCCCCC2)cc1. The van der Waals surface area contributed by atoms with E-state index >= 15 is 0 Å². The number of amides is 1. The molecule has 2 rings (SSSR count). The first-order valence-electron chi connectivity index (χ1n) is 8.19. The van der Waals surface area contributed by atoms with Crippen LogP contribution >= 0.6 is 11.8 Å². The molecule has 3 heteroatoms. The van der Waals surface area contributed by atoms with Gasteiger partial charge in [-0.15, -0.1) is 11.8 Å². The Morgan fingerprint density at radius 1 is 1.10 bits per heavy atom. The Hall–Kier alpha value is -0.960. The van der Waals surface area contributed by atoms with Crippen molar-refractivity contribution in [1.29, 1.82) is 0 Å². The number of nitrogens with one attached hydrogen (secondary N) is 1. The molecule has 0 aromatic heterocycles. The molecular weight excluding hydrogens is 278 g/mol. The second kappa shape index (κ2) is 8.47. The summed E-state index contributed by atoms with van der Waals surface area (Å²) in [5, 5.41) is 3.23. The second-order valence-corrected chi connectivity index (χ2v) is 7.54. The van der Waals surface area contributed by atoms with Gasteiger partial charge in [-0.3, -0.25) is 4.79 Å². The molecule has 0 saturated heterocycles. The van der Waals surface area contributed by atoms with Crippen molar-refractivity contribution < 1.29 is 4.79 Å². The molecule has 1 aromatic carbocycles. The minimum atomic E-state index is -0.0295. The summed E-state index contributed by atoms with van der Waals surface area (Å²) in [5.41, 5.74) is 1.26. The van der Waals surface area contributed by atoms with E-state index in [1.54, 1.807) is 11.8 Å². The van der Waals surface area contributed by atoms with E-state index in [2.05, 4.69) is 36.5 Å². The topological polar surface area (TPSA) is 29.1 Å². The molecule has 2 nitrogen and oxygen atoms in total. The highest BCUT2D eigenvalue weighted by molar-refractivity contribution is 8.00. The second-order valence-electron chi connectivity index (χ2n) is 6.12. The third-order valence-corrected chi connectivity index (χ3v) is 5.27. The van der Waals surface area contributed by atoms with Crippen molar-refractivity contribution in [2.75, 3.05) is 0 Å². The molecule has 0 spiro atoms. The smallest absolute Gasteiger partial charge is 0.233 e. The zero-order valence-electron chi connectivity index (χ0n) is 13.2. The molecule has 1 aliphatic rings. The van der Waals surface area contributed by atoms with Gasteiger partial charge in [0.05, 0.1) is 5.25 Å². The molecule has 0 radical (unpaired) electrons. The van der Waals surface area contributed by atoms with Crippen LogP contribution < -0.4 is 5.32 Å². The van der Waals surface area contributed by atoms with Gasteiger partial charge >= 0.3 is 0 Å². The quantitative estimate of drug-likeness (QED) is 0.817. The number of hydrogen-bond donors (Lipinski definition) is 1. The molecule has 0 aliphatic heterocycles. The monoisotopic (exact) mass is 305 g/mol. The zero-order valence-corrected chi connectivity index (χ0v) is 14.0. The highest BCUT2D eigenvalue weighted by atomic mass is 32.2. The average Bonchev–Trinajstić information content (AvgIpc) is 2.44. The molecule has 1 fully saturated rings. The van der Waals surface area contributed by atoms with Gasteiger partial charge in [0.1, 0.15) is 0 Å². The molecule has 1 atom stereocenters. The van der Waals surface area contributed by atoms with E-state index in [4.69, 9.17) is 0 Å². The van der Waals surface area contributed by atoms with Crippen LogP contribution in [-0.4, -0.2) is 17.2 Å². The fraction of sp³-hybridized carbons (Fsp3) is 0.611. The predicted molar refractivity (Wildman–Crippen MR) is 90.7 cm³/mol. The van der Waals surface area contributed by atoms with Crippen LogP contribution in [0.1, 0.15) is 57.4 Å². The van der Waals surface area contributed by atoms with Crippen molar-refractivity contribution in [2.45, 2.75) is 75.0 Å². The van der Waals surface area contributed by atoms with Gasteiger partial charge in [0, 0.05) is 10.9 Å². The number of hydrogen-bond acceptors (Lipinski definition) is 2. The number of rotatable bonds is 4. The van der Waals surface area contributed by atoms with Crippen LogP contribution in [0.25, 0.3) is 0 Å². The van der Waals surface area contributed by atoms with Crippen LogP contribution in [-0.2, 0) is 4.79 Å². The Bertz CT molecular complexity index is 435. The Morgan fingerprint density at radius 2 is 1.67 bits per heavy atom. The standard InChI is InChI=1S/C18H27NOS/c1-14-10-12-17(13-11-14)21-15(2)18(20)19-16-8-6-4-3-5-7-9-16/h10-13,15-16H,3-9H2,1-2H3,(H,19,20). The van der Waals surface area contributed by atoms with Crippen LogP contribution in [0.2, 0.25) is 0 Å². The van der Waals surface area contributed by atoms with E-state index in [1.165, 1.54) is 42.6 Å². The minimum Gasteiger partial charge on any atom is -0.352 e. The lowest BCUT2D eigenvalue weighted by atomic mass is 9.97. The van der Waals surface area contributed by atoms with Crippen LogP contribution in [0.4, 0.5) is 0 Å². The van der Waals surface area contributed by atoms with Gasteiger partial charge in [-0.25, -0.2) is 0 Å². The Balaban J connectivity index is 1.82. The van der Waals surface area contributed by atoms with E-state index in [1.807, 2.05) is 6.92 Å². The summed E-state index contributed by atoms with van der Waals surface area (Å²) in [7, 11) is 0. The molecule has 0 heterocycles. The largest absolute Gasteiger partial charge is 0.352 e. The van der Waals surface area contributed by atoms with Gasteiger partial charge in [-0.2, -0.15) is 0 Å². The molecule has 1 N–H and O–H groups in total. The van der Waals surface area contributed by atoms with E-state index in [-0.39, 0.29) is 11.2 Å². The first-order valence-corrected chi connectivity index (χ1v) is 9.07. The van der Waals surface area contributed by atoms with Gasteiger partial charge in [0.25, 0.3) is 0 Å². The highest BCUT2D eigenvalue weighted by Gasteiger charge is 2.19. The molecule has 21 heavy (non-hydrogen) atoms. The number of thioether (sulfide) groups is 1. The number of carbonyl (C=O) groups is 1. The summed E-state index contributed by atoms with van der Waals surface area (Å²) in [6.07, 6.45) is 8.80. The average molecular weight is 305 g/mol. The van der Waals surface area contributed by atoms with Gasteiger partial charge in [-0.05, 0) is 38.8 Å². The lowest BCUT2D eigenvalue weighted by Crippen LogP contribution is -2.39. The molecule has 0 bridgehead atoms. The summed E-state index contributed by atoms with van der Waals surface area (Å²) >= 11 is 1.65. The summed E-state index contributed by atoms with van der Waals surface area (Å²) in [6, 6.07) is 8.78. The zero-order chi connectivity index (χ0) is 15.1. The molecule has 1 aliphatic carbocycles. The third-order valence-electron chi connectivity index (χ3n) is 4.15. The first-order chi connectivity index (χ1) is 10.1. The van der Waals surface area contributed by atoms with Crippen LogP contribution in [0, 0.1) is 6.92 Å². The molecule has 1 aromatic rings. The summed E-state index contributed by atoms with van der Waals surface area (Å²) < 4.78 is 0. The van der Waals surface area contributed by atoms with Gasteiger partial charge < -0.3 is 5.32 Å². The molecule has 1 saturated carbocycles. The summed E-state index contributed by atoms with van der Waals surface area (Å²) in [6.45, 7) is 4.09. The lowest BCUT2D eigenvalue weighted by Gasteiger charge is -2.22. The number of aryl methyl sites for hydroxylation is 1. The number of carbonyl (C=O) groups excluding carboxylic acids is 1. The van der Waals surface area contributed by atoms with Crippen LogP contribution in [0.3, 0.4) is 0 Å². The van der Waals surface area contributed by atoms with Crippen molar-refractivity contribution in [3.63, 3.8) is 0 Å². The van der Waals surface area contributed by atoms with Crippen LogP contribution in [0.5, 0.6) is 0 Å². The summed E-state index contributed by atoms with van der Waals surface area (Å²) in [5.74, 6) is 0.186. The van der Waals surface area contributed by atoms with E-state index in [9.17, 15) is 4.79 Å². The van der Waals surface area contributed by atoms with Crippen molar-refractivity contribution in [3.8, 4) is 0 Å². The fourth-order valence-electron chi connectivity index (χ4n) is 2.79. The summed E-state index contributed by atoms with van der Waals surface area (Å²) in [4.78, 5) is 13.5. The van der Waals surface area contributed by atoms with E-state index < -0.39 is 0 Å². The van der Waals surface area contributed by atoms with Crippen molar-refractivity contribution in [1.82, 2.24) is 5.32 Å². The molecule has 1 amide bonds. The normalized spacial score (nSPS) is 18.6. The Morgan fingerprint density at radius 3 is 2.29 bits per heavy atom. The van der Waals surface area contributed by atoms with Crippen molar-refractivity contribution >= 4 is 17.7 Å². The van der Waals surface area contributed by atoms with Crippen molar-refractivity contribution in [2.24, 2.45) is 0 Å². The number of benzene rings is 1. The first kappa shape index (κ1) is 16.4.